The molecule has 2 fully saturated rings. The van der Waals surface area contributed by atoms with Gasteiger partial charge < -0.3 is 10.5 Å². The van der Waals surface area contributed by atoms with E-state index in [9.17, 15) is 0 Å². The molecule has 0 radical (unpaired) electrons. The molecule has 0 saturated carbocycles. The van der Waals surface area contributed by atoms with Gasteiger partial charge in [0.05, 0.1) is 10.6 Å². The molecule has 2 N–H and O–H groups in total. The van der Waals surface area contributed by atoms with E-state index in [0.29, 0.717) is 11.0 Å². The van der Waals surface area contributed by atoms with Gasteiger partial charge in [0.2, 0.25) is 0 Å². The van der Waals surface area contributed by atoms with Crippen molar-refractivity contribution in [1.82, 2.24) is 4.90 Å². The predicted molar refractivity (Wildman–Crippen MR) is 82.3 cm³/mol. The van der Waals surface area contributed by atoms with Gasteiger partial charge >= 0.3 is 0 Å². The fraction of sp³-hybridized carbons (Fsp3) is 0.923. The van der Waals surface area contributed by atoms with Crippen molar-refractivity contribution in [3.8, 4) is 0 Å². The van der Waals surface area contributed by atoms with Crippen molar-refractivity contribution in [2.24, 2.45) is 5.73 Å². The lowest BCUT2D eigenvalue weighted by Crippen LogP contribution is -2.51. The number of thioether (sulfide) groups is 1. The third kappa shape index (κ3) is 3.59. The number of nitrogens with zero attached hydrogens (tertiary/aromatic N) is 1. The fourth-order valence-corrected chi connectivity index (χ4v) is 4.51. The van der Waals surface area contributed by atoms with Crippen LogP contribution in [0.3, 0.4) is 0 Å². The van der Waals surface area contributed by atoms with Gasteiger partial charge in [0.25, 0.3) is 0 Å². The smallest absolute Gasteiger partial charge is 0.0870 e. The highest BCUT2D eigenvalue weighted by molar-refractivity contribution is 7.99. The topological polar surface area (TPSA) is 38.5 Å². The van der Waals surface area contributed by atoms with E-state index in [1.807, 2.05) is 0 Å². The average Bonchev–Trinajstić information content (AvgIpc) is 2.36. The summed E-state index contributed by atoms with van der Waals surface area (Å²) < 4.78 is 6.13. The van der Waals surface area contributed by atoms with E-state index in [4.69, 9.17) is 22.7 Å². The maximum Gasteiger partial charge on any atom is 0.0870 e. The minimum absolute atomic E-state index is 0.151. The normalized spacial score (nSPS) is 27.6. The molecule has 18 heavy (non-hydrogen) atoms. The fourth-order valence-electron chi connectivity index (χ4n) is 3.10. The zero-order valence-electron chi connectivity index (χ0n) is 11.2. The van der Waals surface area contributed by atoms with E-state index in [0.717, 1.165) is 32.5 Å². The van der Waals surface area contributed by atoms with Gasteiger partial charge in [0.1, 0.15) is 0 Å². The second-order valence-electron chi connectivity index (χ2n) is 5.32. The Hall–Kier alpha value is 0.160. The van der Waals surface area contributed by atoms with Gasteiger partial charge in [-0.3, -0.25) is 4.90 Å². The van der Waals surface area contributed by atoms with Crippen molar-refractivity contribution in [2.75, 3.05) is 31.2 Å². The molecule has 3 nitrogen and oxygen atoms in total. The maximum atomic E-state index is 6.13. The molecular formula is C13H24N2OS2. The van der Waals surface area contributed by atoms with Crippen LogP contribution in [0.15, 0.2) is 0 Å². The van der Waals surface area contributed by atoms with Crippen LogP contribution in [0.2, 0.25) is 0 Å². The summed E-state index contributed by atoms with van der Waals surface area (Å²) in [5.41, 5.74) is 5.85. The minimum atomic E-state index is 0.151. The molecule has 2 aliphatic heterocycles. The van der Waals surface area contributed by atoms with E-state index >= 15 is 0 Å². The highest BCUT2D eigenvalue weighted by atomic mass is 32.2. The first-order chi connectivity index (χ1) is 8.65. The van der Waals surface area contributed by atoms with Crippen LogP contribution in [-0.2, 0) is 4.74 Å². The Morgan fingerprint density at radius 1 is 1.50 bits per heavy atom. The van der Waals surface area contributed by atoms with Gasteiger partial charge in [-0.25, -0.2) is 0 Å². The number of nitrogens with two attached hydrogens (primary N) is 1. The number of ether oxygens (including phenoxy) is 1. The van der Waals surface area contributed by atoms with Gasteiger partial charge in [-0.05, 0) is 43.7 Å². The first-order valence-corrected chi connectivity index (χ1v) is 8.45. The summed E-state index contributed by atoms with van der Waals surface area (Å²) in [5, 5.41) is 0. The van der Waals surface area contributed by atoms with Gasteiger partial charge in [-0.1, -0.05) is 19.1 Å². The Bertz CT molecular complexity index is 287. The van der Waals surface area contributed by atoms with Crippen molar-refractivity contribution in [2.45, 2.75) is 44.2 Å². The number of hydrogen-bond donors (Lipinski definition) is 1. The van der Waals surface area contributed by atoms with E-state index < -0.39 is 0 Å². The lowest BCUT2D eigenvalue weighted by atomic mass is 9.85. The van der Waals surface area contributed by atoms with E-state index in [1.54, 1.807) is 0 Å². The summed E-state index contributed by atoms with van der Waals surface area (Å²) in [7, 11) is 0. The molecule has 104 valence electrons. The molecule has 1 atom stereocenters. The third-order valence-electron chi connectivity index (χ3n) is 4.15. The number of likely N-dealkylation sites (N-methyl/N-ethyl adjacent to an activating group) is 1. The lowest BCUT2D eigenvalue weighted by Gasteiger charge is -2.46. The Labute approximate surface area is 120 Å². The van der Waals surface area contributed by atoms with Crippen LogP contribution < -0.4 is 5.73 Å². The molecule has 0 amide bonds. The molecule has 2 saturated heterocycles. The van der Waals surface area contributed by atoms with Crippen LogP contribution in [-0.4, -0.2) is 52.7 Å². The quantitative estimate of drug-likeness (QED) is 0.802. The van der Waals surface area contributed by atoms with Crippen molar-refractivity contribution in [1.29, 1.82) is 0 Å². The Morgan fingerprint density at radius 2 is 2.22 bits per heavy atom. The molecular weight excluding hydrogens is 264 g/mol. The van der Waals surface area contributed by atoms with Gasteiger partial charge in [-0.15, -0.1) is 0 Å². The molecule has 0 bridgehead atoms. The summed E-state index contributed by atoms with van der Waals surface area (Å²) in [5.74, 6) is 2.49. The van der Waals surface area contributed by atoms with Crippen molar-refractivity contribution < 1.29 is 4.74 Å². The van der Waals surface area contributed by atoms with Crippen LogP contribution in [0.1, 0.15) is 32.6 Å². The average molecular weight is 288 g/mol. The van der Waals surface area contributed by atoms with Crippen LogP contribution in [0.25, 0.3) is 0 Å². The summed E-state index contributed by atoms with van der Waals surface area (Å²) in [6.45, 7) is 4.86. The van der Waals surface area contributed by atoms with E-state index in [-0.39, 0.29) is 5.60 Å². The first kappa shape index (κ1) is 14.6. The zero-order chi connectivity index (χ0) is 13.0. The molecule has 1 spiro atoms. The van der Waals surface area contributed by atoms with E-state index in [2.05, 4.69) is 23.6 Å². The predicted octanol–water partition coefficient (Wildman–Crippen LogP) is 2.04. The Balaban J connectivity index is 1.98. The van der Waals surface area contributed by atoms with Crippen molar-refractivity contribution >= 4 is 29.0 Å². The molecule has 0 aliphatic carbocycles. The highest BCUT2D eigenvalue weighted by Crippen LogP contribution is 2.38. The van der Waals surface area contributed by atoms with E-state index in [1.165, 1.54) is 24.3 Å². The minimum Gasteiger partial charge on any atom is -0.392 e. The Kier molecular flexibility index (Phi) is 5.30. The van der Waals surface area contributed by atoms with Crippen LogP contribution >= 0.6 is 24.0 Å². The zero-order valence-corrected chi connectivity index (χ0v) is 12.8. The third-order valence-corrected chi connectivity index (χ3v) is 5.27. The summed E-state index contributed by atoms with van der Waals surface area (Å²) in [4.78, 5) is 3.03. The first-order valence-electron chi connectivity index (χ1n) is 6.89. The largest absolute Gasteiger partial charge is 0.392 e. The number of thiocarbonyl (C=S) groups is 1. The van der Waals surface area contributed by atoms with Crippen LogP contribution in [0.4, 0.5) is 0 Å². The standard InChI is InChI=1S/C13H24N2OS2/c1-2-15(10-12(14)17)11-3-6-16-13(9-11)4-7-18-8-5-13/h11H,2-10H2,1H3,(H2,14,17). The lowest BCUT2D eigenvalue weighted by molar-refractivity contribution is -0.108. The molecule has 2 aliphatic rings. The second kappa shape index (κ2) is 6.55. The molecule has 1 unspecified atom stereocenters. The number of rotatable bonds is 4. The summed E-state index contributed by atoms with van der Waals surface area (Å²) in [6, 6.07) is 0.591. The summed E-state index contributed by atoms with van der Waals surface area (Å²) >= 11 is 7.11. The molecule has 0 aromatic rings. The van der Waals surface area contributed by atoms with Crippen molar-refractivity contribution in [3.63, 3.8) is 0 Å². The van der Waals surface area contributed by atoms with Crippen LogP contribution in [0, 0.1) is 0 Å². The number of hydrogen-bond acceptors (Lipinski definition) is 4. The molecule has 2 rings (SSSR count). The summed E-state index contributed by atoms with van der Waals surface area (Å²) in [6.07, 6.45) is 4.69. The molecule has 0 aromatic carbocycles. The Morgan fingerprint density at radius 3 is 2.83 bits per heavy atom. The molecule has 2 heterocycles. The van der Waals surface area contributed by atoms with Gasteiger partial charge in [0.15, 0.2) is 0 Å². The molecule has 0 aromatic heterocycles. The van der Waals surface area contributed by atoms with Crippen molar-refractivity contribution in [3.05, 3.63) is 0 Å². The highest BCUT2D eigenvalue weighted by Gasteiger charge is 2.40. The molecule has 5 heteroatoms. The maximum absolute atomic E-state index is 6.13. The van der Waals surface area contributed by atoms with Gasteiger partial charge in [0, 0.05) is 19.2 Å². The second-order valence-corrected chi connectivity index (χ2v) is 7.07. The monoisotopic (exact) mass is 288 g/mol. The van der Waals surface area contributed by atoms with Crippen LogP contribution in [0.5, 0.6) is 0 Å². The SMILES string of the molecule is CCN(CC(N)=S)C1CCOC2(CCSCC2)C1. The van der Waals surface area contributed by atoms with Gasteiger partial charge in [-0.2, -0.15) is 11.8 Å².